The van der Waals surface area contributed by atoms with Crippen LogP contribution in [0.2, 0.25) is 0 Å². The van der Waals surface area contributed by atoms with Crippen LogP contribution in [0.3, 0.4) is 0 Å². The van der Waals surface area contributed by atoms with Gasteiger partial charge in [0.25, 0.3) is 0 Å². The lowest BCUT2D eigenvalue weighted by Gasteiger charge is -2.53. The first-order valence-electron chi connectivity index (χ1n) is 7.36. The van der Waals surface area contributed by atoms with Crippen molar-refractivity contribution in [2.24, 2.45) is 17.3 Å². The number of esters is 1. The molecule has 0 aromatic heterocycles. The van der Waals surface area contributed by atoms with Crippen molar-refractivity contribution in [2.75, 3.05) is 6.61 Å². The van der Waals surface area contributed by atoms with Gasteiger partial charge >= 0.3 is 5.97 Å². The first-order chi connectivity index (χ1) is 9.78. The highest BCUT2D eigenvalue weighted by Gasteiger charge is 2.93. The molecule has 114 valence electrons. The molecular formula is C15H18O6. The Labute approximate surface area is 121 Å². The highest BCUT2D eigenvalue weighted by atomic mass is 16.7. The third-order valence-electron chi connectivity index (χ3n) is 6.74. The number of hydrogen-bond acceptors (Lipinski definition) is 6. The van der Waals surface area contributed by atoms with E-state index in [0.717, 1.165) is 5.57 Å². The van der Waals surface area contributed by atoms with E-state index < -0.39 is 52.9 Å². The van der Waals surface area contributed by atoms with E-state index >= 15 is 0 Å². The Hall–Kier alpha value is -0.950. The number of carbonyl (C=O) groups is 1. The summed E-state index contributed by atoms with van der Waals surface area (Å²) in [6, 6.07) is 0. The number of hydrogen-bond donors (Lipinski definition) is 2. The summed E-state index contributed by atoms with van der Waals surface area (Å²) in [7, 11) is 0. The predicted octanol–water partition coefficient (Wildman–Crippen LogP) is -0.618. The first kappa shape index (κ1) is 12.6. The lowest BCUT2D eigenvalue weighted by molar-refractivity contribution is -0.227. The van der Waals surface area contributed by atoms with E-state index in [9.17, 15) is 15.0 Å². The zero-order chi connectivity index (χ0) is 14.9. The second kappa shape index (κ2) is 3.06. The van der Waals surface area contributed by atoms with Crippen molar-refractivity contribution in [2.45, 2.75) is 49.5 Å². The van der Waals surface area contributed by atoms with E-state index in [4.69, 9.17) is 14.2 Å². The first-order valence-corrected chi connectivity index (χ1v) is 7.36. The van der Waals surface area contributed by atoms with Crippen LogP contribution in [0.5, 0.6) is 0 Å². The van der Waals surface area contributed by atoms with Gasteiger partial charge in [0.15, 0.2) is 0 Å². The van der Waals surface area contributed by atoms with E-state index in [1.807, 2.05) is 6.92 Å². The van der Waals surface area contributed by atoms with Gasteiger partial charge in [-0.3, -0.25) is 4.79 Å². The molecule has 0 aromatic carbocycles. The molecule has 2 saturated carbocycles. The van der Waals surface area contributed by atoms with Crippen molar-refractivity contribution in [1.29, 1.82) is 0 Å². The lowest BCUT2D eigenvalue weighted by Crippen LogP contribution is -2.70. The van der Waals surface area contributed by atoms with E-state index in [-0.39, 0.29) is 12.5 Å². The lowest BCUT2D eigenvalue weighted by atomic mass is 9.52. The molecule has 0 unspecified atom stereocenters. The van der Waals surface area contributed by atoms with Crippen LogP contribution >= 0.6 is 0 Å². The highest BCUT2D eigenvalue weighted by Crippen LogP contribution is 2.74. The number of carbonyl (C=O) groups excluding carboxylic acids is 1. The minimum absolute atomic E-state index is 0.0985. The topological polar surface area (TPSA) is 88.5 Å². The zero-order valence-corrected chi connectivity index (χ0v) is 11.9. The van der Waals surface area contributed by atoms with Crippen molar-refractivity contribution in [3.63, 3.8) is 0 Å². The van der Waals surface area contributed by atoms with Crippen LogP contribution in [0.4, 0.5) is 0 Å². The molecule has 3 saturated heterocycles. The quantitative estimate of drug-likeness (QED) is 0.381. The smallest absolute Gasteiger partial charge is 0.313 e. The van der Waals surface area contributed by atoms with Crippen molar-refractivity contribution in [1.82, 2.24) is 0 Å². The molecule has 21 heavy (non-hydrogen) atoms. The Balaban J connectivity index is 1.79. The van der Waals surface area contributed by atoms with Gasteiger partial charge in [0.05, 0.1) is 17.9 Å². The molecule has 3 aliphatic heterocycles. The maximum Gasteiger partial charge on any atom is 0.313 e. The summed E-state index contributed by atoms with van der Waals surface area (Å²) < 4.78 is 16.9. The molecule has 0 radical (unpaired) electrons. The van der Waals surface area contributed by atoms with E-state index in [1.54, 1.807) is 6.92 Å². The second-order valence-electron chi connectivity index (χ2n) is 7.41. The third kappa shape index (κ3) is 0.933. The largest absolute Gasteiger partial charge is 0.459 e. The van der Waals surface area contributed by atoms with Gasteiger partial charge in [-0.2, -0.15) is 0 Å². The number of fused-ring (bicyclic) bond motifs is 7. The van der Waals surface area contributed by atoms with Crippen molar-refractivity contribution in [3.8, 4) is 0 Å². The Morgan fingerprint density at radius 2 is 2.05 bits per heavy atom. The van der Waals surface area contributed by atoms with Crippen LogP contribution in [0.1, 0.15) is 13.8 Å². The fourth-order valence-corrected chi connectivity index (χ4v) is 5.65. The average Bonchev–Trinajstić information content (AvgIpc) is 3.05. The summed E-state index contributed by atoms with van der Waals surface area (Å²) in [4.78, 5) is 12.4. The van der Waals surface area contributed by atoms with E-state index in [2.05, 4.69) is 6.58 Å². The summed E-state index contributed by atoms with van der Waals surface area (Å²) in [5.41, 5.74) is -2.90. The molecule has 2 aliphatic carbocycles. The fourth-order valence-electron chi connectivity index (χ4n) is 5.65. The number of ether oxygens (including phenoxy) is 3. The molecule has 2 N–H and O–H groups in total. The van der Waals surface area contributed by atoms with Gasteiger partial charge in [-0.05, 0) is 6.92 Å². The standard InChI is InChI=1S/C15H18O6/c1-5(2)6-7-12(16)20-8(6)9-13(3)14(17,4-19-9)10-11(21-10)15(7,13)18/h6-11,17-18H,1,4H2,2-3H3/t6-,7+,8+,9+,10+,11+,13+,14+,15+/m0/s1. The molecule has 2 bridgehead atoms. The average molecular weight is 294 g/mol. The van der Waals surface area contributed by atoms with Gasteiger partial charge < -0.3 is 24.4 Å². The van der Waals surface area contributed by atoms with Gasteiger partial charge in [-0.15, -0.1) is 0 Å². The van der Waals surface area contributed by atoms with Crippen LogP contribution in [-0.4, -0.2) is 58.4 Å². The van der Waals surface area contributed by atoms with Gasteiger partial charge in [0.1, 0.15) is 35.6 Å². The molecule has 6 heteroatoms. The van der Waals surface area contributed by atoms with Gasteiger partial charge in [0.2, 0.25) is 0 Å². The highest BCUT2D eigenvalue weighted by molar-refractivity contribution is 5.80. The number of rotatable bonds is 1. The summed E-state index contributed by atoms with van der Waals surface area (Å²) in [5.74, 6) is -1.48. The summed E-state index contributed by atoms with van der Waals surface area (Å²) in [6.07, 6.45) is -2.02. The molecule has 0 aromatic rings. The van der Waals surface area contributed by atoms with E-state index in [1.165, 1.54) is 0 Å². The molecule has 6 nitrogen and oxygen atoms in total. The van der Waals surface area contributed by atoms with Crippen LogP contribution in [0.25, 0.3) is 0 Å². The van der Waals surface area contributed by atoms with E-state index in [0.29, 0.717) is 0 Å². The van der Waals surface area contributed by atoms with Crippen molar-refractivity contribution >= 4 is 5.97 Å². The van der Waals surface area contributed by atoms with Crippen LogP contribution in [-0.2, 0) is 19.0 Å². The SMILES string of the molecule is C=C(C)[C@@H]1[C@H]2OC(=O)[C@@H]1[C@@]1(O)[C@@H]3O[C@H]3[C@]3(O)CO[C@H]2[C@@]13C. The Morgan fingerprint density at radius 3 is 2.71 bits per heavy atom. The minimum atomic E-state index is -1.47. The zero-order valence-electron chi connectivity index (χ0n) is 11.9. The molecule has 3 heterocycles. The van der Waals surface area contributed by atoms with Crippen molar-refractivity contribution < 1.29 is 29.2 Å². The molecule has 0 amide bonds. The molecule has 9 atom stereocenters. The fraction of sp³-hybridized carbons (Fsp3) is 0.800. The normalized spacial score (nSPS) is 65.8. The molecule has 0 spiro atoms. The van der Waals surface area contributed by atoms with Crippen LogP contribution < -0.4 is 0 Å². The Kier molecular flexibility index (Phi) is 1.83. The van der Waals surface area contributed by atoms with Crippen LogP contribution in [0.15, 0.2) is 12.2 Å². The molecule has 5 rings (SSSR count). The number of aliphatic hydroxyl groups is 2. The number of epoxide rings is 1. The van der Waals surface area contributed by atoms with Crippen LogP contribution in [0, 0.1) is 17.3 Å². The molecular weight excluding hydrogens is 276 g/mol. The summed E-state index contributed by atoms with van der Waals surface area (Å²) in [5, 5.41) is 22.5. The maximum absolute atomic E-state index is 12.4. The third-order valence-corrected chi connectivity index (χ3v) is 6.74. The maximum atomic E-state index is 12.4. The molecule has 5 aliphatic rings. The minimum Gasteiger partial charge on any atom is -0.459 e. The summed E-state index contributed by atoms with van der Waals surface area (Å²) >= 11 is 0. The Morgan fingerprint density at radius 1 is 1.33 bits per heavy atom. The monoisotopic (exact) mass is 294 g/mol. The van der Waals surface area contributed by atoms with Crippen molar-refractivity contribution in [3.05, 3.63) is 12.2 Å². The van der Waals surface area contributed by atoms with Gasteiger partial charge in [-0.1, -0.05) is 19.1 Å². The van der Waals surface area contributed by atoms with Gasteiger partial charge in [-0.25, -0.2) is 0 Å². The second-order valence-corrected chi connectivity index (χ2v) is 7.41. The Bertz CT molecular complexity index is 603. The molecule has 5 fully saturated rings. The summed E-state index contributed by atoms with van der Waals surface area (Å²) in [6.45, 7) is 7.69. The predicted molar refractivity (Wildman–Crippen MR) is 68.1 cm³/mol. The van der Waals surface area contributed by atoms with Gasteiger partial charge in [0, 0.05) is 5.92 Å².